The van der Waals surface area contributed by atoms with E-state index in [1.54, 1.807) is 10.9 Å². The van der Waals surface area contributed by atoms with Crippen molar-refractivity contribution >= 4 is 10.0 Å². The predicted octanol–water partition coefficient (Wildman–Crippen LogP) is 1.99. The Balaban J connectivity index is 1.63. The van der Waals surface area contributed by atoms with E-state index in [4.69, 9.17) is 4.74 Å². The molecular formula is C16H21N3O3S. The molecule has 6 nitrogen and oxygen atoms in total. The summed E-state index contributed by atoms with van der Waals surface area (Å²) in [5, 5.41) is 4.08. The van der Waals surface area contributed by atoms with Crippen LogP contribution < -0.4 is 9.46 Å². The summed E-state index contributed by atoms with van der Waals surface area (Å²) in [6.45, 7) is 4.77. The first kappa shape index (κ1) is 16.0. The molecule has 0 spiro atoms. The predicted molar refractivity (Wildman–Crippen MR) is 86.9 cm³/mol. The smallest absolute Gasteiger partial charge is 0.243 e. The highest BCUT2D eigenvalue weighted by atomic mass is 32.2. The lowest BCUT2D eigenvalue weighted by atomic mass is 9.97. The molecule has 7 heteroatoms. The molecule has 1 aliphatic heterocycles. The number of para-hydroxylation sites is 1. The molecule has 1 unspecified atom stereocenters. The van der Waals surface area contributed by atoms with Gasteiger partial charge in [0.1, 0.15) is 10.6 Å². The van der Waals surface area contributed by atoms with Crippen molar-refractivity contribution < 1.29 is 13.2 Å². The summed E-state index contributed by atoms with van der Waals surface area (Å²) in [6.07, 6.45) is 3.75. The van der Waals surface area contributed by atoms with Crippen molar-refractivity contribution in [3.63, 3.8) is 0 Å². The fourth-order valence-electron chi connectivity index (χ4n) is 2.57. The summed E-state index contributed by atoms with van der Waals surface area (Å²) in [7, 11) is -3.54. The van der Waals surface area contributed by atoms with Crippen LogP contribution in [0.5, 0.6) is 5.75 Å². The lowest BCUT2D eigenvalue weighted by molar-refractivity contribution is 0.223. The molecule has 0 saturated heterocycles. The Bertz CT molecular complexity index is 783. The number of ether oxygens (including phenoxy) is 1. The van der Waals surface area contributed by atoms with E-state index < -0.39 is 10.0 Å². The van der Waals surface area contributed by atoms with Gasteiger partial charge in [0.2, 0.25) is 10.0 Å². The quantitative estimate of drug-likeness (QED) is 0.907. The topological polar surface area (TPSA) is 73.2 Å². The van der Waals surface area contributed by atoms with Gasteiger partial charge in [0.25, 0.3) is 0 Å². The molecular weight excluding hydrogens is 314 g/mol. The molecule has 1 aromatic heterocycles. The zero-order valence-corrected chi connectivity index (χ0v) is 14.1. The van der Waals surface area contributed by atoms with Crippen LogP contribution in [0.25, 0.3) is 0 Å². The molecule has 1 aromatic carbocycles. The second kappa shape index (κ2) is 6.33. The molecule has 3 rings (SSSR count). The molecule has 0 radical (unpaired) electrons. The molecule has 124 valence electrons. The van der Waals surface area contributed by atoms with E-state index in [0.717, 1.165) is 17.7 Å². The second-order valence-electron chi connectivity index (χ2n) is 6.09. The Labute approximate surface area is 136 Å². The number of nitrogens with one attached hydrogen (secondary N) is 1. The Morgan fingerprint density at radius 1 is 1.39 bits per heavy atom. The monoisotopic (exact) mass is 335 g/mol. The summed E-state index contributed by atoms with van der Waals surface area (Å²) < 4.78 is 34.7. The second-order valence-corrected chi connectivity index (χ2v) is 7.86. The summed E-state index contributed by atoms with van der Waals surface area (Å²) in [5.41, 5.74) is 1.12. The van der Waals surface area contributed by atoms with Crippen molar-refractivity contribution in [3.05, 3.63) is 42.2 Å². The maximum Gasteiger partial charge on any atom is 0.243 e. The van der Waals surface area contributed by atoms with Gasteiger partial charge in [-0.25, -0.2) is 13.1 Å². The third-order valence-corrected chi connectivity index (χ3v) is 5.31. The van der Waals surface area contributed by atoms with E-state index in [9.17, 15) is 8.42 Å². The van der Waals surface area contributed by atoms with Crippen molar-refractivity contribution in [2.24, 2.45) is 5.92 Å². The standard InChI is InChI=1S/C16H21N3O3S/c1-12(2)19-10-15(9-17-19)23(20,21)18-8-13-7-14-5-3-4-6-16(14)22-11-13/h3-6,9-10,12-13,18H,7-8,11H2,1-2H3. The normalized spacial score (nSPS) is 17.8. The van der Waals surface area contributed by atoms with Gasteiger partial charge in [-0.05, 0) is 31.9 Å². The highest BCUT2D eigenvalue weighted by Gasteiger charge is 2.23. The highest BCUT2D eigenvalue weighted by Crippen LogP contribution is 2.26. The molecule has 0 saturated carbocycles. The number of hydrogen-bond acceptors (Lipinski definition) is 4. The van der Waals surface area contributed by atoms with Crippen LogP contribution in [0.2, 0.25) is 0 Å². The first-order valence-electron chi connectivity index (χ1n) is 7.70. The van der Waals surface area contributed by atoms with Crippen LogP contribution in [-0.2, 0) is 16.4 Å². The number of aromatic nitrogens is 2. The van der Waals surface area contributed by atoms with Gasteiger partial charge in [-0.2, -0.15) is 5.10 Å². The van der Waals surface area contributed by atoms with Crippen LogP contribution in [0.15, 0.2) is 41.6 Å². The molecule has 0 amide bonds. The SMILES string of the molecule is CC(C)n1cc(S(=O)(=O)NCC2COc3ccccc3C2)cn1. The van der Waals surface area contributed by atoms with E-state index in [1.807, 2.05) is 38.1 Å². The lowest BCUT2D eigenvalue weighted by Gasteiger charge is -2.25. The van der Waals surface area contributed by atoms with E-state index in [-0.39, 0.29) is 16.9 Å². The number of sulfonamides is 1. The van der Waals surface area contributed by atoms with Gasteiger partial charge in [-0.1, -0.05) is 18.2 Å². The van der Waals surface area contributed by atoms with Crippen molar-refractivity contribution in [2.75, 3.05) is 13.2 Å². The number of benzene rings is 1. The van der Waals surface area contributed by atoms with Crippen molar-refractivity contribution in [2.45, 2.75) is 31.2 Å². The molecule has 0 fully saturated rings. The average molecular weight is 335 g/mol. The van der Waals surface area contributed by atoms with Gasteiger partial charge >= 0.3 is 0 Å². The molecule has 1 aliphatic rings. The number of fused-ring (bicyclic) bond motifs is 1. The summed E-state index contributed by atoms with van der Waals surface area (Å²) in [4.78, 5) is 0.198. The van der Waals surface area contributed by atoms with Crippen molar-refractivity contribution in [1.29, 1.82) is 0 Å². The van der Waals surface area contributed by atoms with Crippen LogP contribution in [0.4, 0.5) is 0 Å². The molecule has 0 bridgehead atoms. The van der Waals surface area contributed by atoms with Crippen LogP contribution in [0, 0.1) is 5.92 Å². The molecule has 23 heavy (non-hydrogen) atoms. The number of hydrogen-bond donors (Lipinski definition) is 1. The van der Waals surface area contributed by atoms with Gasteiger partial charge in [0.15, 0.2) is 0 Å². The molecule has 1 N–H and O–H groups in total. The third-order valence-electron chi connectivity index (χ3n) is 3.93. The van der Waals surface area contributed by atoms with Gasteiger partial charge < -0.3 is 4.74 Å². The van der Waals surface area contributed by atoms with Gasteiger partial charge in [-0.15, -0.1) is 0 Å². The highest BCUT2D eigenvalue weighted by molar-refractivity contribution is 7.89. The largest absolute Gasteiger partial charge is 0.493 e. The van der Waals surface area contributed by atoms with E-state index in [0.29, 0.717) is 13.2 Å². The fourth-order valence-corrected chi connectivity index (χ4v) is 3.63. The molecule has 0 aliphatic carbocycles. The van der Waals surface area contributed by atoms with Crippen LogP contribution >= 0.6 is 0 Å². The van der Waals surface area contributed by atoms with E-state index in [1.165, 1.54) is 6.20 Å². The minimum Gasteiger partial charge on any atom is -0.493 e. The van der Waals surface area contributed by atoms with Crippen molar-refractivity contribution in [1.82, 2.24) is 14.5 Å². The summed E-state index contributed by atoms with van der Waals surface area (Å²) >= 11 is 0. The minimum atomic E-state index is -3.54. The molecule has 2 heterocycles. The van der Waals surface area contributed by atoms with Gasteiger partial charge in [0, 0.05) is 24.7 Å². The van der Waals surface area contributed by atoms with Crippen LogP contribution in [0.3, 0.4) is 0 Å². The Hall–Kier alpha value is -1.86. The van der Waals surface area contributed by atoms with E-state index >= 15 is 0 Å². The first-order valence-corrected chi connectivity index (χ1v) is 9.18. The maximum absolute atomic E-state index is 12.4. The Morgan fingerprint density at radius 3 is 2.91 bits per heavy atom. The number of rotatable bonds is 5. The summed E-state index contributed by atoms with van der Waals surface area (Å²) in [6, 6.07) is 7.99. The first-order chi connectivity index (χ1) is 11.0. The average Bonchev–Trinajstić information content (AvgIpc) is 3.04. The zero-order chi connectivity index (χ0) is 16.4. The maximum atomic E-state index is 12.4. The lowest BCUT2D eigenvalue weighted by Crippen LogP contribution is -2.34. The summed E-state index contributed by atoms with van der Waals surface area (Å²) in [5.74, 6) is 1.02. The fraction of sp³-hybridized carbons (Fsp3) is 0.438. The van der Waals surface area contributed by atoms with E-state index in [2.05, 4.69) is 9.82 Å². The van der Waals surface area contributed by atoms with Gasteiger partial charge in [-0.3, -0.25) is 4.68 Å². The Morgan fingerprint density at radius 2 is 2.17 bits per heavy atom. The molecule has 2 aromatic rings. The van der Waals surface area contributed by atoms with Crippen LogP contribution in [0.1, 0.15) is 25.5 Å². The minimum absolute atomic E-state index is 0.125. The molecule has 1 atom stereocenters. The third kappa shape index (κ3) is 3.56. The van der Waals surface area contributed by atoms with Crippen molar-refractivity contribution in [3.8, 4) is 5.75 Å². The Kier molecular flexibility index (Phi) is 4.41. The number of nitrogens with zero attached hydrogens (tertiary/aromatic N) is 2. The van der Waals surface area contributed by atoms with Gasteiger partial charge in [0.05, 0.1) is 12.8 Å². The van der Waals surface area contributed by atoms with Crippen LogP contribution in [-0.4, -0.2) is 31.3 Å². The zero-order valence-electron chi connectivity index (χ0n) is 13.3.